The van der Waals surface area contributed by atoms with Gasteiger partial charge in [0, 0.05) is 23.5 Å². The average Bonchev–Trinajstić information content (AvgIpc) is 2.17. The molecule has 1 aromatic heterocycles. The Morgan fingerprint density at radius 2 is 1.93 bits per heavy atom. The second-order valence-corrected chi connectivity index (χ2v) is 4.43. The Morgan fingerprint density at radius 3 is 2.53 bits per heavy atom. The number of anilines is 1. The van der Waals surface area contributed by atoms with Crippen molar-refractivity contribution >= 4 is 5.69 Å². The first-order valence-corrected chi connectivity index (χ1v) is 5.67. The molecule has 0 atom stereocenters. The maximum absolute atomic E-state index is 11.8. The van der Waals surface area contributed by atoms with Crippen molar-refractivity contribution in [3.63, 3.8) is 0 Å². The molecule has 1 aliphatic rings. The molecule has 0 aromatic carbocycles. The van der Waals surface area contributed by atoms with Gasteiger partial charge < -0.3 is 10.3 Å². The molecule has 0 unspecified atom stereocenters. The molecule has 2 N–H and O–H groups in total. The normalized spacial score (nSPS) is 17.9. The largest absolute Gasteiger partial charge is 0.399 e. The minimum atomic E-state index is 0.0550. The zero-order chi connectivity index (χ0) is 10.8. The molecule has 1 aliphatic carbocycles. The van der Waals surface area contributed by atoms with Crippen molar-refractivity contribution < 1.29 is 0 Å². The van der Waals surface area contributed by atoms with E-state index in [4.69, 9.17) is 5.73 Å². The first kappa shape index (κ1) is 10.3. The molecule has 0 radical (unpaired) electrons. The van der Waals surface area contributed by atoms with E-state index in [1.54, 1.807) is 0 Å². The van der Waals surface area contributed by atoms with Gasteiger partial charge in [-0.25, -0.2) is 0 Å². The van der Waals surface area contributed by atoms with Crippen LogP contribution in [0.15, 0.2) is 16.9 Å². The minimum Gasteiger partial charge on any atom is -0.399 e. The summed E-state index contributed by atoms with van der Waals surface area (Å²) in [5.74, 6) is 0. The molecule has 2 rings (SSSR count). The fraction of sp³-hybridized carbons (Fsp3) is 0.583. The van der Waals surface area contributed by atoms with Gasteiger partial charge in [-0.15, -0.1) is 0 Å². The number of aromatic nitrogens is 1. The van der Waals surface area contributed by atoms with Crippen molar-refractivity contribution in [2.45, 2.75) is 45.1 Å². The Bertz CT molecular complexity index is 403. The van der Waals surface area contributed by atoms with E-state index in [1.165, 1.54) is 25.3 Å². The van der Waals surface area contributed by atoms with Gasteiger partial charge in [0.25, 0.3) is 5.56 Å². The van der Waals surface area contributed by atoms with Gasteiger partial charge in [-0.1, -0.05) is 19.3 Å². The molecule has 1 saturated carbocycles. The molecule has 15 heavy (non-hydrogen) atoms. The van der Waals surface area contributed by atoms with Crippen molar-refractivity contribution in [2.24, 2.45) is 0 Å². The summed E-state index contributed by atoms with van der Waals surface area (Å²) >= 11 is 0. The molecule has 3 heteroatoms. The number of nitrogens with two attached hydrogens (primary N) is 1. The third kappa shape index (κ3) is 2.06. The van der Waals surface area contributed by atoms with E-state index in [-0.39, 0.29) is 5.56 Å². The molecule has 1 aromatic rings. The SMILES string of the molecule is Cc1cc(N)cc(=O)n1C1CCCCC1. The van der Waals surface area contributed by atoms with Crippen LogP contribution in [-0.4, -0.2) is 4.57 Å². The van der Waals surface area contributed by atoms with E-state index in [1.807, 2.05) is 17.6 Å². The van der Waals surface area contributed by atoms with Crippen LogP contribution in [-0.2, 0) is 0 Å². The highest BCUT2D eigenvalue weighted by atomic mass is 16.1. The van der Waals surface area contributed by atoms with Crippen molar-refractivity contribution in [3.8, 4) is 0 Å². The third-order valence-corrected chi connectivity index (χ3v) is 3.22. The molecule has 3 nitrogen and oxygen atoms in total. The number of hydrogen-bond donors (Lipinski definition) is 1. The van der Waals surface area contributed by atoms with E-state index in [0.29, 0.717) is 11.7 Å². The number of aryl methyl sites for hydroxylation is 1. The zero-order valence-electron chi connectivity index (χ0n) is 9.20. The van der Waals surface area contributed by atoms with E-state index in [2.05, 4.69) is 0 Å². The van der Waals surface area contributed by atoms with Gasteiger partial charge >= 0.3 is 0 Å². The molecular weight excluding hydrogens is 188 g/mol. The first-order chi connectivity index (χ1) is 7.18. The molecule has 0 bridgehead atoms. The Balaban J connectivity index is 2.38. The molecule has 1 fully saturated rings. The number of rotatable bonds is 1. The highest BCUT2D eigenvalue weighted by molar-refractivity contribution is 5.37. The van der Waals surface area contributed by atoms with Crippen molar-refractivity contribution in [2.75, 3.05) is 5.73 Å². The lowest BCUT2D eigenvalue weighted by molar-refractivity contribution is 0.342. The van der Waals surface area contributed by atoms with E-state index in [0.717, 1.165) is 18.5 Å². The van der Waals surface area contributed by atoms with E-state index < -0.39 is 0 Å². The summed E-state index contributed by atoms with van der Waals surface area (Å²) in [4.78, 5) is 11.8. The third-order valence-electron chi connectivity index (χ3n) is 3.22. The highest BCUT2D eigenvalue weighted by Crippen LogP contribution is 2.27. The van der Waals surface area contributed by atoms with Gasteiger partial charge in [0.05, 0.1) is 0 Å². The summed E-state index contributed by atoms with van der Waals surface area (Å²) in [6, 6.07) is 3.81. The monoisotopic (exact) mass is 206 g/mol. The van der Waals surface area contributed by atoms with E-state index in [9.17, 15) is 4.79 Å². The van der Waals surface area contributed by atoms with E-state index >= 15 is 0 Å². The Kier molecular flexibility index (Phi) is 2.80. The molecule has 0 saturated heterocycles. The van der Waals surface area contributed by atoms with Crippen molar-refractivity contribution in [1.29, 1.82) is 0 Å². The van der Waals surface area contributed by atoms with Crippen LogP contribution in [0.1, 0.15) is 43.8 Å². The second-order valence-electron chi connectivity index (χ2n) is 4.43. The molecule has 0 aliphatic heterocycles. The Hall–Kier alpha value is -1.25. The Morgan fingerprint density at radius 1 is 1.27 bits per heavy atom. The number of nitrogen functional groups attached to an aromatic ring is 1. The summed E-state index contributed by atoms with van der Waals surface area (Å²) in [5.41, 5.74) is 7.27. The highest BCUT2D eigenvalue weighted by Gasteiger charge is 2.17. The standard InChI is InChI=1S/C12H18N2O/c1-9-7-10(13)8-12(15)14(9)11-5-3-2-4-6-11/h7-8,11H,2-6,13H2,1H3. The van der Waals surface area contributed by atoms with Crippen LogP contribution in [0, 0.1) is 6.92 Å². The van der Waals surface area contributed by atoms with Crippen LogP contribution in [0.3, 0.4) is 0 Å². The summed E-state index contributed by atoms with van der Waals surface area (Å²) in [6.45, 7) is 1.96. The lowest BCUT2D eigenvalue weighted by atomic mass is 9.95. The van der Waals surface area contributed by atoms with Gasteiger partial charge in [-0.05, 0) is 25.8 Å². The van der Waals surface area contributed by atoms with Crippen LogP contribution < -0.4 is 11.3 Å². The van der Waals surface area contributed by atoms with Gasteiger partial charge in [0.2, 0.25) is 0 Å². The van der Waals surface area contributed by atoms with Gasteiger partial charge in [-0.2, -0.15) is 0 Å². The predicted molar refractivity (Wildman–Crippen MR) is 62.0 cm³/mol. The fourth-order valence-corrected chi connectivity index (χ4v) is 2.55. The molecule has 0 amide bonds. The Labute approximate surface area is 89.9 Å². The number of pyridine rings is 1. The average molecular weight is 206 g/mol. The van der Waals surface area contributed by atoms with Crippen LogP contribution in [0.25, 0.3) is 0 Å². The van der Waals surface area contributed by atoms with Gasteiger partial charge in [0.15, 0.2) is 0 Å². The topological polar surface area (TPSA) is 48.0 Å². The minimum absolute atomic E-state index is 0.0550. The summed E-state index contributed by atoms with van der Waals surface area (Å²) in [5, 5.41) is 0. The number of nitrogens with zero attached hydrogens (tertiary/aromatic N) is 1. The summed E-state index contributed by atoms with van der Waals surface area (Å²) in [6.07, 6.45) is 6.04. The maximum atomic E-state index is 11.8. The molecule has 82 valence electrons. The zero-order valence-corrected chi connectivity index (χ0v) is 9.20. The van der Waals surface area contributed by atoms with Crippen LogP contribution >= 0.6 is 0 Å². The predicted octanol–water partition coefficient (Wildman–Crippen LogP) is 2.24. The maximum Gasteiger partial charge on any atom is 0.253 e. The van der Waals surface area contributed by atoms with Gasteiger partial charge in [-0.3, -0.25) is 4.79 Å². The van der Waals surface area contributed by atoms with Gasteiger partial charge in [0.1, 0.15) is 0 Å². The summed E-state index contributed by atoms with van der Waals surface area (Å²) < 4.78 is 1.91. The lowest BCUT2D eigenvalue weighted by Crippen LogP contribution is -2.27. The van der Waals surface area contributed by atoms with Crippen LogP contribution in [0.5, 0.6) is 0 Å². The summed E-state index contributed by atoms with van der Waals surface area (Å²) in [7, 11) is 0. The fourth-order valence-electron chi connectivity index (χ4n) is 2.55. The molecule has 1 heterocycles. The van der Waals surface area contributed by atoms with Crippen molar-refractivity contribution in [1.82, 2.24) is 4.57 Å². The van der Waals surface area contributed by atoms with Crippen LogP contribution in [0.2, 0.25) is 0 Å². The van der Waals surface area contributed by atoms with Crippen LogP contribution in [0.4, 0.5) is 5.69 Å². The molecular formula is C12H18N2O. The lowest BCUT2D eigenvalue weighted by Gasteiger charge is -2.25. The quantitative estimate of drug-likeness (QED) is 0.766. The smallest absolute Gasteiger partial charge is 0.253 e. The number of hydrogen-bond acceptors (Lipinski definition) is 2. The first-order valence-electron chi connectivity index (χ1n) is 5.67. The molecule has 0 spiro atoms. The second kappa shape index (κ2) is 4.09. The van der Waals surface area contributed by atoms with Crippen molar-refractivity contribution in [3.05, 3.63) is 28.2 Å².